The lowest BCUT2D eigenvalue weighted by Gasteiger charge is -2.37. The Morgan fingerprint density at radius 3 is 2.11 bits per heavy atom. The van der Waals surface area contributed by atoms with Crippen LogP contribution in [0.1, 0.15) is 27.7 Å². The second-order valence-corrected chi connectivity index (χ2v) is 4.92. The number of methoxy groups -OCH3 is 1. The molecule has 5 N–H and O–H groups in total. The van der Waals surface area contributed by atoms with E-state index in [0.717, 1.165) is 0 Å². The van der Waals surface area contributed by atoms with Gasteiger partial charge in [0.1, 0.15) is 0 Å². The Balaban J connectivity index is 3.04. The zero-order chi connectivity index (χ0) is 14.0. The molecule has 102 valence electrons. The highest BCUT2D eigenvalue weighted by molar-refractivity contribution is 5.37. The molecule has 1 aromatic heterocycles. The molecule has 0 aliphatic heterocycles. The van der Waals surface area contributed by atoms with Crippen LogP contribution in [0.15, 0.2) is 0 Å². The molecule has 0 saturated heterocycles. The molecule has 0 spiro atoms. The van der Waals surface area contributed by atoms with E-state index in [9.17, 15) is 5.11 Å². The van der Waals surface area contributed by atoms with Gasteiger partial charge in [-0.25, -0.2) is 5.84 Å². The Hall–Kier alpha value is -1.67. The van der Waals surface area contributed by atoms with Gasteiger partial charge < -0.3 is 15.2 Å². The fourth-order valence-electron chi connectivity index (χ4n) is 1.00. The van der Waals surface area contributed by atoms with Crippen molar-refractivity contribution in [1.29, 1.82) is 0 Å². The summed E-state index contributed by atoms with van der Waals surface area (Å²) in [5.74, 6) is 5.70. The van der Waals surface area contributed by atoms with Crippen molar-refractivity contribution in [3.63, 3.8) is 0 Å². The first-order chi connectivity index (χ1) is 8.19. The van der Waals surface area contributed by atoms with Crippen LogP contribution >= 0.6 is 0 Å². The maximum absolute atomic E-state index is 10.1. The predicted molar refractivity (Wildman–Crippen MR) is 68.2 cm³/mol. The number of aliphatic hydroxyl groups is 1. The molecule has 0 bridgehead atoms. The Labute approximate surface area is 106 Å². The molecule has 0 saturated carbocycles. The number of nitrogen functional groups attached to an aromatic ring is 1. The zero-order valence-corrected chi connectivity index (χ0v) is 11.3. The molecule has 0 radical (unpaired) electrons. The Morgan fingerprint density at radius 1 is 1.11 bits per heavy atom. The van der Waals surface area contributed by atoms with E-state index in [1.165, 1.54) is 7.11 Å². The van der Waals surface area contributed by atoms with Crippen molar-refractivity contribution in [3.8, 4) is 6.01 Å². The van der Waals surface area contributed by atoms with Crippen LogP contribution in [0.5, 0.6) is 6.01 Å². The van der Waals surface area contributed by atoms with Crippen LogP contribution in [0.2, 0.25) is 0 Å². The maximum atomic E-state index is 10.1. The number of anilines is 2. The van der Waals surface area contributed by atoms with Gasteiger partial charge in [0, 0.05) is 0 Å². The van der Waals surface area contributed by atoms with Crippen LogP contribution in [0.3, 0.4) is 0 Å². The normalized spacial score (nSPS) is 12.2. The lowest BCUT2D eigenvalue weighted by Crippen LogP contribution is -2.51. The summed E-state index contributed by atoms with van der Waals surface area (Å²) < 4.78 is 4.94. The van der Waals surface area contributed by atoms with Crippen LogP contribution in [0.4, 0.5) is 11.9 Å². The fourth-order valence-corrected chi connectivity index (χ4v) is 1.00. The van der Waals surface area contributed by atoms with Gasteiger partial charge in [0.05, 0.1) is 18.2 Å². The van der Waals surface area contributed by atoms with Gasteiger partial charge in [-0.1, -0.05) is 0 Å². The molecule has 1 aromatic rings. The number of nitrogens with zero attached hydrogens (tertiary/aromatic N) is 3. The number of hydrogen-bond acceptors (Lipinski definition) is 8. The second kappa shape index (κ2) is 4.91. The number of hydrazine groups is 1. The molecular formula is C10H20N6O2. The highest BCUT2D eigenvalue weighted by Crippen LogP contribution is 2.25. The first kappa shape index (κ1) is 14.4. The fraction of sp³-hybridized carbons (Fsp3) is 0.700. The summed E-state index contributed by atoms with van der Waals surface area (Å²) in [6, 6.07) is 0.131. The van der Waals surface area contributed by atoms with E-state index in [1.54, 1.807) is 13.8 Å². The molecule has 0 aromatic carbocycles. The van der Waals surface area contributed by atoms with E-state index < -0.39 is 11.1 Å². The maximum Gasteiger partial charge on any atom is 0.322 e. The number of rotatable bonds is 5. The van der Waals surface area contributed by atoms with E-state index in [2.05, 4.69) is 25.7 Å². The van der Waals surface area contributed by atoms with E-state index >= 15 is 0 Å². The predicted octanol–water partition coefficient (Wildman–Crippen LogP) is 0.127. The van der Waals surface area contributed by atoms with Crippen molar-refractivity contribution < 1.29 is 9.84 Å². The minimum Gasteiger partial charge on any atom is -0.467 e. The van der Waals surface area contributed by atoms with Gasteiger partial charge in [-0.15, -0.1) is 0 Å². The Bertz CT molecular complexity index is 393. The molecule has 0 aliphatic rings. The lowest BCUT2D eigenvalue weighted by atomic mass is 9.86. The topological polar surface area (TPSA) is 118 Å². The van der Waals surface area contributed by atoms with Crippen LogP contribution < -0.4 is 21.3 Å². The van der Waals surface area contributed by atoms with E-state index in [1.807, 2.05) is 13.8 Å². The van der Waals surface area contributed by atoms with E-state index in [4.69, 9.17) is 10.6 Å². The molecule has 0 fully saturated rings. The Morgan fingerprint density at radius 2 is 1.67 bits per heavy atom. The SMILES string of the molecule is COc1nc(NN)nc(NC(C)(C)C(C)(C)O)n1. The van der Waals surface area contributed by atoms with Crippen molar-refractivity contribution in [2.45, 2.75) is 38.8 Å². The molecular weight excluding hydrogens is 236 g/mol. The van der Waals surface area contributed by atoms with Gasteiger partial charge in [-0.05, 0) is 27.7 Å². The van der Waals surface area contributed by atoms with Gasteiger partial charge in [-0.2, -0.15) is 15.0 Å². The average Bonchev–Trinajstić information content (AvgIpc) is 2.26. The summed E-state index contributed by atoms with van der Waals surface area (Å²) in [4.78, 5) is 12.0. The van der Waals surface area contributed by atoms with Gasteiger partial charge in [0.15, 0.2) is 0 Å². The standard InChI is InChI=1S/C10H20N6O2/c1-9(2,10(3,4)17)15-6-12-7(16-11)14-8(13-6)18-5/h17H,11H2,1-5H3,(H2,12,13,14,15,16). The summed E-state index contributed by atoms with van der Waals surface area (Å²) in [5.41, 5.74) is 0.705. The number of nitrogens with two attached hydrogens (primary N) is 1. The second-order valence-electron chi connectivity index (χ2n) is 4.92. The van der Waals surface area contributed by atoms with Crippen LogP contribution in [0, 0.1) is 0 Å². The number of ether oxygens (including phenoxy) is 1. The molecule has 0 amide bonds. The molecule has 0 aliphatic carbocycles. The summed E-state index contributed by atoms with van der Waals surface area (Å²) in [6.45, 7) is 7.05. The van der Waals surface area contributed by atoms with Crippen molar-refractivity contribution in [2.75, 3.05) is 17.9 Å². The molecule has 8 heteroatoms. The highest BCUT2D eigenvalue weighted by atomic mass is 16.5. The number of hydrogen-bond donors (Lipinski definition) is 4. The summed E-state index contributed by atoms with van der Waals surface area (Å²) >= 11 is 0. The van der Waals surface area contributed by atoms with Gasteiger partial charge in [0.25, 0.3) is 0 Å². The summed E-state index contributed by atoms with van der Waals surface area (Å²) in [6.07, 6.45) is 0. The highest BCUT2D eigenvalue weighted by Gasteiger charge is 2.35. The van der Waals surface area contributed by atoms with Gasteiger partial charge in [0.2, 0.25) is 11.9 Å². The first-order valence-corrected chi connectivity index (χ1v) is 5.47. The largest absolute Gasteiger partial charge is 0.467 e. The summed E-state index contributed by atoms with van der Waals surface area (Å²) in [7, 11) is 1.44. The minimum atomic E-state index is -0.969. The van der Waals surface area contributed by atoms with Crippen molar-refractivity contribution >= 4 is 11.9 Å². The summed E-state index contributed by atoms with van der Waals surface area (Å²) in [5, 5.41) is 13.1. The third-order valence-electron chi connectivity index (χ3n) is 2.88. The van der Waals surface area contributed by atoms with Crippen molar-refractivity contribution in [3.05, 3.63) is 0 Å². The first-order valence-electron chi connectivity index (χ1n) is 5.47. The van der Waals surface area contributed by atoms with E-state index in [0.29, 0.717) is 0 Å². The number of nitrogens with one attached hydrogen (secondary N) is 2. The Kier molecular flexibility index (Phi) is 3.92. The van der Waals surface area contributed by atoms with Crippen LogP contribution in [-0.4, -0.2) is 38.3 Å². The molecule has 1 heterocycles. The van der Waals surface area contributed by atoms with Crippen LogP contribution in [-0.2, 0) is 0 Å². The van der Waals surface area contributed by atoms with Crippen LogP contribution in [0.25, 0.3) is 0 Å². The monoisotopic (exact) mass is 256 g/mol. The van der Waals surface area contributed by atoms with Crippen molar-refractivity contribution in [1.82, 2.24) is 15.0 Å². The third-order valence-corrected chi connectivity index (χ3v) is 2.88. The molecule has 18 heavy (non-hydrogen) atoms. The number of aromatic nitrogens is 3. The smallest absolute Gasteiger partial charge is 0.322 e. The molecule has 0 atom stereocenters. The average molecular weight is 256 g/mol. The molecule has 8 nitrogen and oxygen atoms in total. The van der Waals surface area contributed by atoms with Crippen molar-refractivity contribution in [2.24, 2.45) is 5.84 Å². The quantitative estimate of drug-likeness (QED) is 0.433. The van der Waals surface area contributed by atoms with Gasteiger partial charge >= 0.3 is 6.01 Å². The van der Waals surface area contributed by atoms with E-state index in [-0.39, 0.29) is 17.9 Å². The molecule has 0 unspecified atom stereocenters. The minimum absolute atomic E-state index is 0.131. The molecule has 1 rings (SSSR count). The third kappa shape index (κ3) is 3.17. The zero-order valence-electron chi connectivity index (χ0n) is 11.3. The lowest BCUT2D eigenvalue weighted by molar-refractivity contribution is 0.0236. The van der Waals surface area contributed by atoms with Gasteiger partial charge in [-0.3, -0.25) is 5.43 Å².